The van der Waals surface area contributed by atoms with Crippen molar-refractivity contribution in [2.45, 2.75) is 39.0 Å². The molecule has 1 aliphatic rings. The van der Waals surface area contributed by atoms with Gasteiger partial charge in [0.05, 0.1) is 21.9 Å². The van der Waals surface area contributed by atoms with Gasteiger partial charge in [-0.05, 0) is 30.9 Å². The summed E-state index contributed by atoms with van der Waals surface area (Å²) in [5.41, 5.74) is -0.365. The summed E-state index contributed by atoms with van der Waals surface area (Å²) < 4.78 is 5.64. The van der Waals surface area contributed by atoms with Gasteiger partial charge in [-0.15, -0.1) is 5.10 Å². The van der Waals surface area contributed by atoms with Crippen LogP contribution in [0, 0.1) is 5.41 Å². The lowest BCUT2D eigenvalue weighted by Gasteiger charge is -2.15. The number of carboxylic acids is 1. The normalized spacial score (nSPS) is 14.5. The molecule has 1 amide bonds. The van der Waals surface area contributed by atoms with Crippen molar-refractivity contribution in [3.05, 3.63) is 44.2 Å². The number of carboxylic acid groups (broad SMARTS) is 1. The average molecular weight is 440 g/mol. The van der Waals surface area contributed by atoms with Gasteiger partial charge in [-0.2, -0.15) is 0 Å². The van der Waals surface area contributed by atoms with E-state index >= 15 is 0 Å². The van der Waals surface area contributed by atoms with E-state index < -0.39 is 11.4 Å². The maximum atomic E-state index is 12.4. The highest BCUT2D eigenvalue weighted by molar-refractivity contribution is 6.37. The number of benzene rings is 1. The van der Waals surface area contributed by atoms with Crippen LogP contribution < -0.4 is 15.6 Å². The number of H-pyrrole nitrogens is 1. The van der Waals surface area contributed by atoms with E-state index in [-0.39, 0.29) is 45.5 Å². The van der Waals surface area contributed by atoms with Crippen molar-refractivity contribution in [2.75, 3.05) is 5.32 Å². The predicted octanol–water partition coefficient (Wildman–Crippen LogP) is 4.19. The zero-order valence-corrected chi connectivity index (χ0v) is 17.2. The van der Waals surface area contributed by atoms with E-state index in [1.165, 1.54) is 18.2 Å². The molecule has 0 spiro atoms. The van der Waals surface area contributed by atoms with Gasteiger partial charge in [0.1, 0.15) is 0 Å². The number of hydrogen-bond donors (Lipinski definition) is 3. The highest BCUT2D eigenvalue weighted by Crippen LogP contribution is 2.50. The quantitative estimate of drug-likeness (QED) is 0.594. The van der Waals surface area contributed by atoms with Gasteiger partial charge in [-0.3, -0.25) is 14.4 Å². The van der Waals surface area contributed by atoms with Crippen LogP contribution in [0.15, 0.2) is 23.0 Å². The van der Waals surface area contributed by atoms with Crippen LogP contribution in [-0.2, 0) is 9.59 Å². The van der Waals surface area contributed by atoms with Crippen molar-refractivity contribution >= 4 is 40.8 Å². The van der Waals surface area contributed by atoms with E-state index in [2.05, 4.69) is 15.5 Å². The molecule has 3 N–H and O–H groups in total. The standard InChI is InChI=1S/C19H19Cl2N3O5/c1-9(2)11-7-14(23-24-17(11)27)29-16-12(20)5-10(6-13(16)21)22-18(28)19(3-4-19)8-15(25)26/h5-7,9H,3-4,8H2,1-2H3,(H,22,28)(H,24,27)(H,25,26). The van der Waals surface area contributed by atoms with Crippen LogP contribution in [0.2, 0.25) is 10.0 Å². The van der Waals surface area contributed by atoms with Crippen molar-refractivity contribution in [2.24, 2.45) is 5.41 Å². The molecule has 1 aromatic carbocycles. The number of ether oxygens (including phenoxy) is 1. The third kappa shape index (κ3) is 4.71. The first-order valence-electron chi connectivity index (χ1n) is 8.91. The van der Waals surface area contributed by atoms with E-state index in [0.29, 0.717) is 24.1 Å². The number of amides is 1. The Morgan fingerprint density at radius 2 is 1.90 bits per heavy atom. The molecule has 0 unspecified atom stereocenters. The fraction of sp³-hybridized carbons (Fsp3) is 0.368. The second-order valence-electron chi connectivity index (χ2n) is 7.32. The van der Waals surface area contributed by atoms with E-state index in [1.54, 1.807) is 0 Å². The Labute approximate surface area is 176 Å². The topological polar surface area (TPSA) is 121 Å². The van der Waals surface area contributed by atoms with Gasteiger partial charge in [-0.1, -0.05) is 37.0 Å². The number of aliphatic carboxylic acids is 1. The number of nitrogens with zero attached hydrogens (tertiary/aromatic N) is 1. The molecule has 1 aliphatic carbocycles. The summed E-state index contributed by atoms with van der Waals surface area (Å²) >= 11 is 12.5. The lowest BCUT2D eigenvalue weighted by Crippen LogP contribution is -2.26. The lowest BCUT2D eigenvalue weighted by atomic mass is 10.0. The molecule has 1 aromatic heterocycles. The second kappa shape index (κ2) is 8.04. The van der Waals surface area contributed by atoms with E-state index in [4.69, 9.17) is 33.0 Å². The van der Waals surface area contributed by atoms with Crippen molar-refractivity contribution in [3.8, 4) is 11.6 Å². The van der Waals surface area contributed by atoms with Crippen LogP contribution in [0.25, 0.3) is 0 Å². The zero-order chi connectivity index (χ0) is 21.3. The number of hydrogen-bond acceptors (Lipinski definition) is 5. The molecule has 2 aromatic rings. The molecule has 29 heavy (non-hydrogen) atoms. The summed E-state index contributed by atoms with van der Waals surface area (Å²) in [7, 11) is 0. The SMILES string of the molecule is CC(C)c1cc(Oc2c(Cl)cc(NC(=O)C3(CC(=O)O)CC3)cc2Cl)n[nH]c1=O. The number of aromatic nitrogens is 2. The Hall–Kier alpha value is -2.58. The van der Waals surface area contributed by atoms with Gasteiger partial charge in [0.15, 0.2) is 5.75 Å². The van der Waals surface area contributed by atoms with Crippen molar-refractivity contribution in [1.29, 1.82) is 0 Å². The molecule has 10 heteroatoms. The summed E-state index contributed by atoms with van der Waals surface area (Å²) in [6, 6.07) is 4.41. The van der Waals surface area contributed by atoms with Crippen LogP contribution in [-0.4, -0.2) is 27.2 Å². The molecule has 3 rings (SSSR count). The molecular formula is C19H19Cl2N3O5. The van der Waals surface area contributed by atoms with Crippen LogP contribution in [0.3, 0.4) is 0 Å². The van der Waals surface area contributed by atoms with Gasteiger partial charge in [-0.25, -0.2) is 5.10 Å². The minimum absolute atomic E-state index is 0.0341. The van der Waals surface area contributed by atoms with Crippen molar-refractivity contribution in [1.82, 2.24) is 10.2 Å². The lowest BCUT2D eigenvalue weighted by molar-refractivity contribution is -0.140. The maximum absolute atomic E-state index is 12.4. The molecule has 1 heterocycles. The molecule has 0 atom stereocenters. The first kappa shape index (κ1) is 21.1. The monoisotopic (exact) mass is 439 g/mol. The number of carbonyl (C=O) groups is 2. The van der Waals surface area contributed by atoms with Crippen LogP contribution in [0.4, 0.5) is 5.69 Å². The molecule has 154 valence electrons. The van der Waals surface area contributed by atoms with Gasteiger partial charge in [0.2, 0.25) is 11.8 Å². The Morgan fingerprint density at radius 1 is 1.28 bits per heavy atom. The fourth-order valence-corrected chi connectivity index (χ4v) is 3.47. The van der Waals surface area contributed by atoms with Crippen molar-refractivity contribution < 1.29 is 19.4 Å². The highest BCUT2D eigenvalue weighted by atomic mass is 35.5. The Balaban J connectivity index is 1.80. The minimum Gasteiger partial charge on any atom is -0.481 e. The molecule has 1 saturated carbocycles. The molecule has 0 radical (unpaired) electrons. The van der Waals surface area contributed by atoms with Gasteiger partial charge in [0.25, 0.3) is 5.56 Å². The number of halogens is 2. The summed E-state index contributed by atoms with van der Waals surface area (Å²) in [6.45, 7) is 3.73. The number of carbonyl (C=O) groups excluding carboxylic acids is 1. The number of nitrogens with one attached hydrogen (secondary N) is 2. The molecular weight excluding hydrogens is 421 g/mol. The summed E-state index contributed by atoms with van der Waals surface area (Å²) in [5, 5.41) is 18.1. The van der Waals surface area contributed by atoms with E-state index in [0.717, 1.165) is 0 Å². The summed E-state index contributed by atoms with van der Waals surface area (Å²) in [6.07, 6.45) is 0.811. The van der Waals surface area contributed by atoms with E-state index in [9.17, 15) is 14.4 Å². The summed E-state index contributed by atoms with van der Waals surface area (Å²) in [4.78, 5) is 35.2. The largest absolute Gasteiger partial charge is 0.481 e. The smallest absolute Gasteiger partial charge is 0.304 e. The van der Waals surface area contributed by atoms with Gasteiger partial charge >= 0.3 is 5.97 Å². The Kier molecular flexibility index (Phi) is 5.86. The Morgan fingerprint density at radius 3 is 2.41 bits per heavy atom. The van der Waals surface area contributed by atoms with Crippen LogP contribution in [0.5, 0.6) is 11.6 Å². The number of aromatic amines is 1. The first-order valence-corrected chi connectivity index (χ1v) is 9.66. The number of rotatable bonds is 7. The van der Waals surface area contributed by atoms with Gasteiger partial charge < -0.3 is 15.2 Å². The molecule has 1 fully saturated rings. The minimum atomic E-state index is -1.02. The Bertz CT molecular complexity index is 1010. The molecule has 0 saturated heterocycles. The third-order valence-corrected chi connectivity index (χ3v) is 5.28. The van der Waals surface area contributed by atoms with Crippen molar-refractivity contribution in [3.63, 3.8) is 0 Å². The molecule has 0 bridgehead atoms. The van der Waals surface area contributed by atoms with E-state index in [1.807, 2.05) is 13.8 Å². The fourth-order valence-electron chi connectivity index (χ4n) is 2.90. The molecule has 0 aliphatic heterocycles. The highest BCUT2D eigenvalue weighted by Gasteiger charge is 2.51. The third-order valence-electron chi connectivity index (χ3n) is 4.72. The second-order valence-corrected chi connectivity index (χ2v) is 8.14. The predicted molar refractivity (Wildman–Crippen MR) is 108 cm³/mol. The summed E-state index contributed by atoms with van der Waals surface area (Å²) in [5.74, 6) is -1.20. The molecule has 8 nitrogen and oxygen atoms in total. The van der Waals surface area contributed by atoms with Crippen LogP contribution >= 0.6 is 23.2 Å². The van der Waals surface area contributed by atoms with Gasteiger partial charge in [0, 0.05) is 17.3 Å². The maximum Gasteiger partial charge on any atom is 0.304 e. The number of anilines is 1. The average Bonchev–Trinajstić information content (AvgIpc) is 3.39. The first-order chi connectivity index (χ1) is 13.6. The van der Waals surface area contributed by atoms with Crippen LogP contribution in [0.1, 0.15) is 44.6 Å². The zero-order valence-electron chi connectivity index (χ0n) is 15.7.